The summed E-state index contributed by atoms with van der Waals surface area (Å²) in [4.78, 5) is 79.6. The number of benzene rings is 2. The molecule has 0 fully saturated rings. The highest BCUT2D eigenvalue weighted by Gasteiger charge is 2.26. The standard InChI is InChI=1S/C14H13BrN2O5.C10H18O5.C9H5BrN2O3/c1-14(2,3)22-13(19)16-11-5-4-8(17(20)21)6-9(11)10(7-18)12(16)15;1-9(2,3)14-7(11)13-8(12)15-10(4,5)6;10-9-7(4-13)6-3-5(12(14)15)1-2-8(6)11-9/h4-7H,1-3H3;1-6H3;1-4,11H. The Balaban J connectivity index is 0.000000279. The minimum Gasteiger partial charge on any atom is -0.443 e. The molecule has 0 aliphatic carbocycles. The average Bonchev–Trinajstić information content (AvgIpc) is 3.45. The van der Waals surface area contributed by atoms with Gasteiger partial charge in [-0.05, 0) is 106 Å². The zero-order valence-electron chi connectivity index (χ0n) is 29.5. The van der Waals surface area contributed by atoms with E-state index in [4.69, 9.17) is 14.2 Å². The van der Waals surface area contributed by atoms with Crippen LogP contribution in [0.5, 0.6) is 0 Å². The summed E-state index contributed by atoms with van der Waals surface area (Å²) in [7, 11) is 0. The van der Waals surface area contributed by atoms with Crippen LogP contribution >= 0.6 is 31.9 Å². The van der Waals surface area contributed by atoms with Gasteiger partial charge in [0.15, 0.2) is 12.6 Å². The molecule has 4 rings (SSSR count). The topological polar surface area (TPSA) is 229 Å². The first-order valence-electron chi connectivity index (χ1n) is 15.0. The summed E-state index contributed by atoms with van der Waals surface area (Å²) in [5.74, 6) is 0. The van der Waals surface area contributed by atoms with E-state index in [0.717, 1.165) is 0 Å². The van der Waals surface area contributed by atoms with Crippen LogP contribution in [0.15, 0.2) is 45.6 Å². The Morgan fingerprint density at radius 3 is 1.58 bits per heavy atom. The van der Waals surface area contributed by atoms with Gasteiger partial charge in [0.1, 0.15) is 21.4 Å². The number of carbonyl (C=O) groups excluding carboxylic acids is 5. The second-order valence-corrected chi connectivity index (χ2v) is 15.1. The first-order valence-corrected chi connectivity index (χ1v) is 16.6. The number of nitrogens with one attached hydrogen (secondary N) is 1. The molecule has 4 aromatic rings. The molecule has 52 heavy (non-hydrogen) atoms. The van der Waals surface area contributed by atoms with Gasteiger partial charge >= 0.3 is 18.4 Å². The van der Waals surface area contributed by atoms with Gasteiger partial charge in [-0.1, -0.05) is 0 Å². The lowest BCUT2D eigenvalue weighted by atomic mass is 10.2. The second-order valence-electron chi connectivity index (χ2n) is 13.6. The van der Waals surface area contributed by atoms with Crippen LogP contribution in [-0.4, -0.2) is 67.2 Å². The molecule has 19 heteroatoms. The third-order valence-electron chi connectivity index (χ3n) is 5.88. The Kier molecular flexibility index (Phi) is 14.0. The van der Waals surface area contributed by atoms with Crippen molar-refractivity contribution in [2.24, 2.45) is 0 Å². The van der Waals surface area contributed by atoms with Crippen molar-refractivity contribution in [1.82, 2.24) is 9.55 Å². The van der Waals surface area contributed by atoms with Crippen molar-refractivity contribution in [2.75, 3.05) is 0 Å². The summed E-state index contributed by atoms with van der Waals surface area (Å²) < 4.78 is 21.0. The number of aromatic amines is 1. The van der Waals surface area contributed by atoms with E-state index in [1.54, 1.807) is 68.4 Å². The molecule has 0 saturated carbocycles. The summed E-state index contributed by atoms with van der Waals surface area (Å²) in [6, 6.07) is 8.27. The lowest BCUT2D eigenvalue weighted by molar-refractivity contribution is -0.384. The first kappa shape index (κ1) is 43.0. The van der Waals surface area contributed by atoms with Crippen molar-refractivity contribution in [2.45, 2.75) is 79.1 Å². The third kappa shape index (κ3) is 12.3. The van der Waals surface area contributed by atoms with Crippen LogP contribution in [0, 0.1) is 20.2 Å². The Labute approximate surface area is 313 Å². The molecule has 1 N–H and O–H groups in total. The highest BCUT2D eigenvalue weighted by Crippen LogP contribution is 2.33. The largest absolute Gasteiger partial charge is 0.519 e. The van der Waals surface area contributed by atoms with Crippen molar-refractivity contribution in [3.63, 3.8) is 0 Å². The van der Waals surface area contributed by atoms with Gasteiger partial charge in [0, 0.05) is 40.6 Å². The molecule has 0 atom stereocenters. The smallest absolute Gasteiger partial charge is 0.443 e. The van der Waals surface area contributed by atoms with Crippen LogP contribution in [0.25, 0.3) is 21.8 Å². The van der Waals surface area contributed by atoms with Crippen LogP contribution in [0.3, 0.4) is 0 Å². The van der Waals surface area contributed by atoms with Gasteiger partial charge < -0.3 is 23.9 Å². The predicted octanol–water partition coefficient (Wildman–Crippen LogP) is 9.43. The van der Waals surface area contributed by atoms with E-state index in [9.17, 15) is 44.2 Å². The molecule has 0 spiro atoms. The van der Waals surface area contributed by atoms with Crippen LogP contribution in [0.2, 0.25) is 0 Å². The Morgan fingerprint density at radius 1 is 0.712 bits per heavy atom. The van der Waals surface area contributed by atoms with Crippen molar-refractivity contribution in [1.29, 1.82) is 0 Å². The number of rotatable bonds is 4. The van der Waals surface area contributed by atoms with Gasteiger partial charge in [-0.2, -0.15) is 0 Å². The second kappa shape index (κ2) is 16.9. The van der Waals surface area contributed by atoms with Crippen LogP contribution in [0.4, 0.5) is 25.8 Å². The monoisotopic (exact) mass is 854 g/mol. The number of nitrogens with zero attached hydrogens (tertiary/aromatic N) is 3. The molecule has 2 aromatic carbocycles. The van der Waals surface area contributed by atoms with E-state index >= 15 is 0 Å². The van der Waals surface area contributed by atoms with Gasteiger partial charge in [-0.3, -0.25) is 29.8 Å². The summed E-state index contributed by atoms with van der Waals surface area (Å²) >= 11 is 6.36. The quantitative estimate of drug-likeness (QED) is 0.0504. The SMILES string of the molecule is CC(C)(C)OC(=O)OC(=O)OC(C)(C)C.CC(C)(C)OC(=O)n1c(Br)c(C=O)c2cc([N+](=O)[O-])ccc21.O=Cc1c(Br)[nH]c2ccc([N+](=O)[O-])cc12. The number of aldehydes is 2. The number of nitro groups is 2. The van der Waals surface area contributed by atoms with Gasteiger partial charge in [0.25, 0.3) is 11.4 Å². The molecule has 0 aliphatic rings. The summed E-state index contributed by atoms with van der Waals surface area (Å²) in [6.45, 7) is 15.2. The number of carbonyl (C=O) groups is 5. The fourth-order valence-electron chi connectivity index (χ4n) is 3.99. The van der Waals surface area contributed by atoms with E-state index in [0.29, 0.717) is 44.5 Å². The van der Waals surface area contributed by atoms with Crippen LogP contribution < -0.4 is 0 Å². The average molecular weight is 856 g/mol. The first-order chi connectivity index (χ1) is 23.8. The minimum absolute atomic E-state index is 0.0305. The van der Waals surface area contributed by atoms with Crippen LogP contribution in [0.1, 0.15) is 83.0 Å². The van der Waals surface area contributed by atoms with E-state index in [2.05, 4.69) is 41.6 Å². The molecule has 0 amide bonds. The van der Waals surface area contributed by atoms with E-state index in [1.165, 1.54) is 34.9 Å². The van der Waals surface area contributed by atoms with Crippen LogP contribution in [-0.2, 0) is 18.9 Å². The zero-order valence-corrected chi connectivity index (χ0v) is 32.7. The number of halogens is 2. The maximum absolute atomic E-state index is 12.3. The number of ether oxygens (including phenoxy) is 4. The molecule has 0 aliphatic heterocycles. The minimum atomic E-state index is -1.06. The van der Waals surface area contributed by atoms with Crippen molar-refractivity contribution >= 4 is 96.0 Å². The molecule has 280 valence electrons. The fourth-order valence-corrected chi connectivity index (χ4v) is 5.15. The van der Waals surface area contributed by atoms with E-state index in [-0.39, 0.29) is 21.5 Å². The number of non-ortho nitro benzene ring substituents is 2. The summed E-state index contributed by atoms with van der Waals surface area (Å²) in [5.41, 5.74) is -0.698. The van der Waals surface area contributed by atoms with Crippen molar-refractivity contribution in [3.8, 4) is 0 Å². The van der Waals surface area contributed by atoms with E-state index in [1.807, 2.05) is 0 Å². The summed E-state index contributed by atoms with van der Waals surface area (Å²) in [5, 5.41) is 22.3. The number of aromatic nitrogens is 2. The molecule has 0 unspecified atom stereocenters. The Bertz CT molecular complexity index is 2010. The number of H-pyrrole nitrogens is 1. The Morgan fingerprint density at radius 2 is 1.15 bits per heavy atom. The molecule has 2 aromatic heterocycles. The zero-order chi connectivity index (χ0) is 39.9. The molecule has 2 heterocycles. The van der Waals surface area contributed by atoms with Crippen molar-refractivity contribution < 1.29 is 52.8 Å². The van der Waals surface area contributed by atoms with Gasteiger partial charge in [0.05, 0.1) is 31.1 Å². The number of hydrogen-bond donors (Lipinski definition) is 1. The molecular formula is C33H36Br2N4O13. The number of hydrogen-bond acceptors (Lipinski definition) is 13. The molecule has 0 bridgehead atoms. The van der Waals surface area contributed by atoms with E-state index < -0.39 is 45.1 Å². The highest BCUT2D eigenvalue weighted by molar-refractivity contribution is 9.10. The number of nitro benzene ring substituents is 2. The fraction of sp³-hybridized carbons (Fsp3) is 0.364. The number of fused-ring (bicyclic) bond motifs is 2. The highest BCUT2D eigenvalue weighted by atomic mass is 79.9. The van der Waals surface area contributed by atoms with Gasteiger partial charge in [0.2, 0.25) is 0 Å². The molecule has 0 saturated heterocycles. The molecular weight excluding hydrogens is 820 g/mol. The Hall–Kier alpha value is -5.17. The normalized spacial score (nSPS) is 11.3. The molecule has 17 nitrogen and oxygen atoms in total. The lowest BCUT2D eigenvalue weighted by Gasteiger charge is -2.20. The predicted molar refractivity (Wildman–Crippen MR) is 195 cm³/mol. The third-order valence-corrected chi connectivity index (χ3v) is 7.29. The lowest BCUT2D eigenvalue weighted by Crippen LogP contribution is -2.29. The molecule has 0 radical (unpaired) electrons. The maximum atomic E-state index is 12.3. The summed E-state index contributed by atoms with van der Waals surface area (Å²) in [6.07, 6.45) is -1.59. The van der Waals surface area contributed by atoms with Gasteiger partial charge in [-0.15, -0.1) is 0 Å². The van der Waals surface area contributed by atoms with Gasteiger partial charge in [-0.25, -0.2) is 19.0 Å². The van der Waals surface area contributed by atoms with Crippen molar-refractivity contribution in [3.05, 3.63) is 77.0 Å². The maximum Gasteiger partial charge on any atom is 0.519 e.